The second-order valence-electron chi connectivity index (χ2n) is 9.09. The van der Waals surface area contributed by atoms with E-state index in [4.69, 9.17) is 4.74 Å². The quantitative estimate of drug-likeness (QED) is 0.691. The Bertz CT molecular complexity index is 890. The first-order chi connectivity index (χ1) is 14.9. The molecule has 0 radical (unpaired) electrons. The van der Waals surface area contributed by atoms with Gasteiger partial charge in [-0.15, -0.1) is 0 Å². The molecule has 3 heterocycles. The number of benzene rings is 1. The highest BCUT2D eigenvalue weighted by Crippen LogP contribution is 2.32. The van der Waals surface area contributed by atoms with Gasteiger partial charge in [0.25, 0.3) is 5.91 Å². The first-order valence-electron chi connectivity index (χ1n) is 11.6. The van der Waals surface area contributed by atoms with E-state index in [-0.39, 0.29) is 16.8 Å². The number of hydrogen-bond donors (Lipinski definition) is 0. The van der Waals surface area contributed by atoms with Crippen LogP contribution < -0.4 is 4.74 Å². The molecule has 3 fully saturated rings. The van der Waals surface area contributed by atoms with Gasteiger partial charge in [-0.25, -0.2) is 8.42 Å². The maximum atomic E-state index is 13.4. The van der Waals surface area contributed by atoms with Gasteiger partial charge in [0.1, 0.15) is 10.6 Å². The van der Waals surface area contributed by atoms with E-state index in [1.54, 1.807) is 16.4 Å². The average Bonchev–Trinajstić information content (AvgIpc) is 3.33. The summed E-state index contributed by atoms with van der Waals surface area (Å²) >= 11 is 0. The van der Waals surface area contributed by atoms with Crippen LogP contribution in [-0.4, -0.2) is 80.3 Å². The van der Waals surface area contributed by atoms with E-state index in [2.05, 4.69) is 4.90 Å². The fourth-order valence-electron chi connectivity index (χ4n) is 5.29. The minimum atomic E-state index is -3.73. The molecule has 8 heteroatoms. The number of methoxy groups -OCH3 is 1. The van der Waals surface area contributed by atoms with Gasteiger partial charge in [0.15, 0.2) is 0 Å². The second kappa shape index (κ2) is 9.46. The number of amides is 1. The highest BCUT2D eigenvalue weighted by atomic mass is 32.2. The van der Waals surface area contributed by atoms with Crippen LogP contribution >= 0.6 is 0 Å². The van der Waals surface area contributed by atoms with Crippen LogP contribution in [0.4, 0.5) is 0 Å². The Morgan fingerprint density at radius 1 is 0.968 bits per heavy atom. The maximum absolute atomic E-state index is 13.4. The molecule has 1 aromatic carbocycles. The van der Waals surface area contributed by atoms with Crippen LogP contribution in [0.3, 0.4) is 0 Å². The lowest BCUT2D eigenvalue weighted by atomic mass is 10.0. The number of ether oxygens (including phenoxy) is 1. The molecule has 1 amide bonds. The number of nitrogens with zero attached hydrogens (tertiary/aromatic N) is 3. The molecule has 31 heavy (non-hydrogen) atoms. The SMILES string of the molecule is COc1ccc(C(=O)N2CCC(N3CCCC3)CC2)cc1S(=O)(=O)N1CCCCC1C. The summed E-state index contributed by atoms with van der Waals surface area (Å²) in [6, 6.07) is 5.34. The maximum Gasteiger partial charge on any atom is 0.253 e. The Hall–Kier alpha value is -1.64. The van der Waals surface area contributed by atoms with Crippen molar-refractivity contribution < 1.29 is 17.9 Å². The Balaban J connectivity index is 1.52. The van der Waals surface area contributed by atoms with E-state index >= 15 is 0 Å². The van der Waals surface area contributed by atoms with Crippen LogP contribution in [0.1, 0.15) is 62.2 Å². The van der Waals surface area contributed by atoms with Crippen molar-refractivity contribution in [3.05, 3.63) is 23.8 Å². The van der Waals surface area contributed by atoms with Crippen LogP contribution in [0.15, 0.2) is 23.1 Å². The number of rotatable bonds is 5. The number of carbonyl (C=O) groups excluding carboxylic acids is 1. The molecule has 4 rings (SSSR count). The zero-order valence-corrected chi connectivity index (χ0v) is 19.6. The predicted molar refractivity (Wildman–Crippen MR) is 120 cm³/mol. The highest BCUT2D eigenvalue weighted by molar-refractivity contribution is 7.89. The van der Waals surface area contributed by atoms with E-state index in [0.717, 1.165) is 45.2 Å². The van der Waals surface area contributed by atoms with Crippen molar-refractivity contribution in [2.75, 3.05) is 39.8 Å². The van der Waals surface area contributed by atoms with Crippen molar-refractivity contribution in [3.63, 3.8) is 0 Å². The van der Waals surface area contributed by atoms with Crippen molar-refractivity contribution in [1.82, 2.24) is 14.1 Å². The van der Waals surface area contributed by atoms with Crippen LogP contribution in [-0.2, 0) is 10.0 Å². The number of likely N-dealkylation sites (tertiary alicyclic amines) is 2. The van der Waals surface area contributed by atoms with Crippen molar-refractivity contribution in [1.29, 1.82) is 0 Å². The molecular formula is C23H35N3O4S. The van der Waals surface area contributed by atoms with Gasteiger partial charge in [0, 0.05) is 37.3 Å². The summed E-state index contributed by atoms with van der Waals surface area (Å²) in [5, 5.41) is 0. The second-order valence-corrected chi connectivity index (χ2v) is 11.0. The predicted octanol–water partition coefficient (Wildman–Crippen LogP) is 2.96. The van der Waals surface area contributed by atoms with Gasteiger partial charge in [-0.3, -0.25) is 4.79 Å². The number of piperidine rings is 2. The molecule has 172 valence electrons. The summed E-state index contributed by atoms with van der Waals surface area (Å²) in [5.74, 6) is 0.202. The van der Waals surface area contributed by atoms with Crippen molar-refractivity contribution in [3.8, 4) is 5.75 Å². The fraction of sp³-hybridized carbons (Fsp3) is 0.696. The number of carbonyl (C=O) groups is 1. The summed E-state index contributed by atoms with van der Waals surface area (Å²) in [4.78, 5) is 17.7. The zero-order chi connectivity index (χ0) is 22.0. The molecule has 0 aliphatic carbocycles. The lowest BCUT2D eigenvalue weighted by molar-refractivity contribution is 0.0644. The lowest BCUT2D eigenvalue weighted by Gasteiger charge is -2.36. The molecule has 3 saturated heterocycles. The Labute approximate surface area is 186 Å². The number of sulfonamides is 1. The Morgan fingerprint density at radius 2 is 1.65 bits per heavy atom. The van der Waals surface area contributed by atoms with E-state index in [1.807, 2.05) is 11.8 Å². The first kappa shape index (κ1) is 22.6. The normalized spacial score (nSPS) is 24.5. The molecule has 1 unspecified atom stereocenters. The monoisotopic (exact) mass is 449 g/mol. The third-order valence-corrected chi connectivity index (χ3v) is 9.18. The summed E-state index contributed by atoms with van der Waals surface area (Å²) in [6.07, 6.45) is 7.27. The molecule has 0 N–H and O–H groups in total. The van der Waals surface area contributed by atoms with Crippen LogP contribution in [0.25, 0.3) is 0 Å². The molecule has 0 spiro atoms. The van der Waals surface area contributed by atoms with Crippen LogP contribution in [0, 0.1) is 0 Å². The summed E-state index contributed by atoms with van der Waals surface area (Å²) in [7, 11) is -2.26. The molecular weight excluding hydrogens is 414 g/mol. The number of hydrogen-bond acceptors (Lipinski definition) is 5. The molecule has 3 aliphatic rings. The van der Waals surface area contributed by atoms with Crippen molar-refractivity contribution in [2.45, 2.75) is 68.8 Å². The topological polar surface area (TPSA) is 70.2 Å². The van der Waals surface area contributed by atoms with Crippen LogP contribution in [0.2, 0.25) is 0 Å². The van der Waals surface area contributed by atoms with E-state index in [1.165, 1.54) is 39.1 Å². The van der Waals surface area contributed by atoms with E-state index in [9.17, 15) is 13.2 Å². The van der Waals surface area contributed by atoms with Gasteiger partial charge in [0.05, 0.1) is 7.11 Å². The molecule has 0 saturated carbocycles. The molecule has 1 atom stereocenters. The minimum absolute atomic E-state index is 0.0487. The Kier molecular flexibility index (Phi) is 6.89. The molecule has 0 bridgehead atoms. The van der Waals surface area contributed by atoms with Gasteiger partial charge in [-0.05, 0) is 76.7 Å². The molecule has 0 aromatic heterocycles. The highest BCUT2D eigenvalue weighted by Gasteiger charge is 2.34. The summed E-state index contributed by atoms with van der Waals surface area (Å²) in [5.41, 5.74) is 0.420. The largest absolute Gasteiger partial charge is 0.495 e. The fourth-order valence-corrected chi connectivity index (χ4v) is 7.17. The first-order valence-corrected chi connectivity index (χ1v) is 13.1. The van der Waals surface area contributed by atoms with E-state index in [0.29, 0.717) is 23.9 Å². The lowest BCUT2D eigenvalue weighted by Crippen LogP contribution is -2.46. The van der Waals surface area contributed by atoms with Gasteiger partial charge in [-0.2, -0.15) is 4.31 Å². The zero-order valence-electron chi connectivity index (χ0n) is 18.8. The molecule has 1 aromatic rings. The molecule has 3 aliphatic heterocycles. The van der Waals surface area contributed by atoms with Crippen molar-refractivity contribution >= 4 is 15.9 Å². The van der Waals surface area contributed by atoms with E-state index < -0.39 is 10.0 Å². The van der Waals surface area contributed by atoms with Gasteiger partial charge in [0.2, 0.25) is 10.0 Å². The van der Waals surface area contributed by atoms with Gasteiger partial charge in [-0.1, -0.05) is 6.42 Å². The van der Waals surface area contributed by atoms with Crippen LogP contribution in [0.5, 0.6) is 5.75 Å². The van der Waals surface area contributed by atoms with Crippen molar-refractivity contribution in [2.24, 2.45) is 0 Å². The average molecular weight is 450 g/mol. The standard InChI is InChI=1S/C23H35N3O4S/c1-18-7-3-4-14-26(18)31(28,29)22-17-19(8-9-21(22)30-2)23(27)25-15-10-20(11-16-25)24-12-5-6-13-24/h8-9,17-18,20H,3-7,10-16H2,1-2H3. The van der Waals surface area contributed by atoms with Gasteiger partial charge < -0.3 is 14.5 Å². The third kappa shape index (κ3) is 4.61. The summed E-state index contributed by atoms with van der Waals surface area (Å²) < 4.78 is 33.8. The minimum Gasteiger partial charge on any atom is -0.495 e. The Morgan fingerprint density at radius 3 is 2.29 bits per heavy atom. The van der Waals surface area contributed by atoms with Gasteiger partial charge >= 0.3 is 0 Å². The summed E-state index contributed by atoms with van der Waals surface area (Å²) in [6.45, 7) is 6.24. The molecule has 7 nitrogen and oxygen atoms in total. The third-order valence-electron chi connectivity index (χ3n) is 7.15. The smallest absolute Gasteiger partial charge is 0.253 e.